The summed E-state index contributed by atoms with van der Waals surface area (Å²) in [6.07, 6.45) is 4.09. The average molecular weight is 305 g/mol. The minimum Gasteiger partial charge on any atom is -0.497 e. The van der Waals surface area contributed by atoms with E-state index in [1.807, 2.05) is 36.5 Å². The quantitative estimate of drug-likeness (QED) is 0.802. The van der Waals surface area contributed by atoms with Crippen molar-refractivity contribution >= 4 is 11.5 Å². The molecule has 0 spiro atoms. The van der Waals surface area contributed by atoms with Crippen LogP contribution in [0.4, 0.5) is 5.82 Å². The zero-order chi connectivity index (χ0) is 15.8. The number of nitriles is 1. The molecule has 1 aromatic carbocycles. The monoisotopic (exact) mass is 305 g/mol. The molecule has 6 heteroatoms. The molecular formula is C17H15N5O. The highest BCUT2D eigenvalue weighted by Gasteiger charge is 2.24. The molecule has 1 aliphatic carbocycles. The molecule has 1 fully saturated rings. The second kappa shape index (κ2) is 5.29. The Morgan fingerprint density at radius 3 is 2.70 bits per heavy atom. The molecule has 2 aromatic heterocycles. The van der Waals surface area contributed by atoms with Gasteiger partial charge in [-0.05, 0) is 43.2 Å². The number of fused-ring (bicyclic) bond motifs is 1. The Labute approximate surface area is 133 Å². The summed E-state index contributed by atoms with van der Waals surface area (Å²) in [6, 6.07) is 12.2. The summed E-state index contributed by atoms with van der Waals surface area (Å²) in [5.74, 6) is 1.42. The lowest BCUT2D eigenvalue weighted by Crippen LogP contribution is -2.02. The van der Waals surface area contributed by atoms with Gasteiger partial charge in [-0.25, -0.2) is 9.50 Å². The zero-order valence-electron chi connectivity index (χ0n) is 12.7. The predicted molar refractivity (Wildman–Crippen MR) is 86.3 cm³/mol. The molecule has 0 amide bonds. The molecule has 6 nitrogen and oxygen atoms in total. The number of rotatable bonds is 4. The van der Waals surface area contributed by atoms with Gasteiger partial charge in [-0.2, -0.15) is 5.26 Å². The van der Waals surface area contributed by atoms with Gasteiger partial charge < -0.3 is 10.1 Å². The van der Waals surface area contributed by atoms with Gasteiger partial charge in [0.15, 0.2) is 11.5 Å². The van der Waals surface area contributed by atoms with Gasteiger partial charge in [0.2, 0.25) is 0 Å². The van der Waals surface area contributed by atoms with Crippen molar-refractivity contribution in [2.45, 2.75) is 18.9 Å². The van der Waals surface area contributed by atoms with Crippen LogP contribution in [0.25, 0.3) is 16.9 Å². The van der Waals surface area contributed by atoms with Crippen LogP contribution < -0.4 is 10.1 Å². The molecule has 2 heterocycles. The molecule has 4 rings (SSSR count). The molecular weight excluding hydrogens is 290 g/mol. The molecule has 0 radical (unpaired) electrons. The Balaban J connectivity index is 1.78. The highest BCUT2D eigenvalue weighted by atomic mass is 16.5. The van der Waals surface area contributed by atoms with Gasteiger partial charge in [-0.3, -0.25) is 0 Å². The number of anilines is 1. The molecule has 114 valence electrons. The van der Waals surface area contributed by atoms with E-state index in [1.54, 1.807) is 11.6 Å². The Kier molecular flexibility index (Phi) is 3.12. The van der Waals surface area contributed by atoms with Crippen molar-refractivity contribution < 1.29 is 4.74 Å². The number of methoxy groups -OCH3 is 1. The number of benzene rings is 1. The molecule has 1 N–H and O–H groups in total. The second-order valence-electron chi connectivity index (χ2n) is 5.56. The molecule has 0 bridgehead atoms. The molecule has 0 aliphatic heterocycles. The minimum atomic E-state index is 0.438. The predicted octanol–water partition coefficient (Wildman–Crippen LogP) is 2.85. The first-order valence-corrected chi connectivity index (χ1v) is 7.49. The van der Waals surface area contributed by atoms with Gasteiger partial charge in [0, 0.05) is 17.8 Å². The first kappa shape index (κ1) is 13.6. The third kappa shape index (κ3) is 2.46. The van der Waals surface area contributed by atoms with E-state index in [0.717, 1.165) is 29.8 Å². The fourth-order valence-electron chi connectivity index (χ4n) is 2.48. The van der Waals surface area contributed by atoms with Gasteiger partial charge in [-0.1, -0.05) is 0 Å². The summed E-state index contributed by atoms with van der Waals surface area (Å²) in [7, 11) is 1.64. The number of nitrogens with zero attached hydrogens (tertiary/aromatic N) is 4. The summed E-state index contributed by atoms with van der Waals surface area (Å²) in [5.41, 5.74) is 2.83. The van der Waals surface area contributed by atoms with Gasteiger partial charge in [-0.15, -0.1) is 5.10 Å². The van der Waals surface area contributed by atoms with Crippen molar-refractivity contribution in [3.63, 3.8) is 0 Å². The number of hydrogen-bond acceptors (Lipinski definition) is 5. The molecule has 0 unspecified atom stereocenters. The lowest BCUT2D eigenvalue weighted by Gasteiger charge is -2.03. The molecule has 1 saturated carbocycles. The lowest BCUT2D eigenvalue weighted by molar-refractivity contribution is 0.415. The number of aromatic nitrogens is 3. The van der Waals surface area contributed by atoms with Crippen molar-refractivity contribution in [2.24, 2.45) is 0 Å². The second-order valence-corrected chi connectivity index (χ2v) is 5.56. The van der Waals surface area contributed by atoms with Crippen LogP contribution in [0.15, 0.2) is 36.5 Å². The van der Waals surface area contributed by atoms with Crippen LogP contribution in [0.5, 0.6) is 5.75 Å². The third-order valence-corrected chi connectivity index (χ3v) is 3.90. The fraction of sp³-hybridized carbons (Fsp3) is 0.235. The van der Waals surface area contributed by atoms with Gasteiger partial charge in [0.05, 0.1) is 12.8 Å². The van der Waals surface area contributed by atoms with Crippen molar-refractivity contribution in [1.82, 2.24) is 14.6 Å². The van der Waals surface area contributed by atoms with Crippen molar-refractivity contribution in [2.75, 3.05) is 12.4 Å². The number of nitrogens with one attached hydrogen (secondary N) is 1. The SMILES string of the molecule is COc1ccc(-c2ccn3nc(NC4CC4)c(C#N)c3n2)cc1. The van der Waals surface area contributed by atoms with Crippen LogP contribution in [0.2, 0.25) is 0 Å². The molecule has 0 saturated heterocycles. The highest BCUT2D eigenvalue weighted by Crippen LogP contribution is 2.28. The Hall–Kier alpha value is -3.07. The first-order chi connectivity index (χ1) is 11.3. The van der Waals surface area contributed by atoms with Crippen molar-refractivity contribution in [1.29, 1.82) is 5.26 Å². The van der Waals surface area contributed by atoms with E-state index in [1.165, 1.54) is 0 Å². The minimum absolute atomic E-state index is 0.438. The maximum Gasteiger partial charge on any atom is 0.175 e. The van der Waals surface area contributed by atoms with Crippen LogP contribution in [0, 0.1) is 11.3 Å². The summed E-state index contributed by atoms with van der Waals surface area (Å²) >= 11 is 0. The Morgan fingerprint density at radius 1 is 1.26 bits per heavy atom. The van der Waals surface area contributed by atoms with Crippen molar-refractivity contribution in [3.8, 4) is 23.1 Å². The summed E-state index contributed by atoms with van der Waals surface area (Å²) in [4.78, 5) is 4.62. The topological polar surface area (TPSA) is 75.2 Å². The van der Waals surface area contributed by atoms with E-state index < -0.39 is 0 Å². The van der Waals surface area contributed by atoms with E-state index in [2.05, 4.69) is 21.5 Å². The maximum atomic E-state index is 9.47. The molecule has 23 heavy (non-hydrogen) atoms. The van der Waals surface area contributed by atoms with E-state index in [0.29, 0.717) is 23.1 Å². The standard InChI is InChI=1S/C17H15N5O/c1-23-13-6-2-11(3-7-13)15-8-9-22-17(20-15)14(10-18)16(21-22)19-12-4-5-12/h2-3,6-9,12H,4-5H2,1H3,(H,19,21). The van der Waals surface area contributed by atoms with E-state index in [4.69, 9.17) is 4.74 Å². The normalized spacial score (nSPS) is 13.7. The third-order valence-electron chi connectivity index (χ3n) is 3.90. The summed E-state index contributed by atoms with van der Waals surface area (Å²) in [5, 5.41) is 17.2. The largest absolute Gasteiger partial charge is 0.497 e. The van der Waals surface area contributed by atoms with E-state index in [-0.39, 0.29) is 0 Å². The van der Waals surface area contributed by atoms with Crippen LogP contribution in [-0.4, -0.2) is 27.7 Å². The summed E-state index contributed by atoms with van der Waals surface area (Å²) < 4.78 is 6.82. The average Bonchev–Trinajstić information content (AvgIpc) is 3.34. The van der Waals surface area contributed by atoms with Gasteiger partial charge in [0.25, 0.3) is 0 Å². The fourth-order valence-corrected chi connectivity index (χ4v) is 2.48. The summed E-state index contributed by atoms with van der Waals surface area (Å²) in [6.45, 7) is 0. The lowest BCUT2D eigenvalue weighted by atomic mass is 10.1. The maximum absolute atomic E-state index is 9.47. The molecule has 3 aromatic rings. The molecule has 1 aliphatic rings. The van der Waals surface area contributed by atoms with Crippen LogP contribution in [-0.2, 0) is 0 Å². The van der Waals surface area contributed by atoms with E-state index in [9.17, 15) is 5.26 Å². The first-order valence-electron chi connectivity index (χ1n) is 7.49. The molecule has 0 atom stereocenters. The van der Waals surface area contributed by atoms with E-state index >= 15 is 0 Å². The van der Waals surface area contributed by atoms with Gasteiger partial charge in [0.1, 0.15) is 17.4 Å². The number of hydrogen-bond donors (Lipinski definition) is 1. The van der Waals surface area contributed by atoms with Crippen LogP contribution in [0.3, 0.4) is 0 Å². The Morgan fingerprint density at radius 2 is 2.04 bits per heavy atom. The van der Waals surface area contributed by atoms with Crippen molar-refractivity contribution in [3.05, 3.63) is 42.1 Å². The van der Waals surface area contributed by atoms with Crippen LogP contribution in [0.1, 0.15) is 18.4 Å². The van der Waals surface area contributed by atoms with Crippen LogP contribution >= 0.6 is 0 Å². The smallest absolute Gasteiger partial charge is 0.175 e. The van der Waals surface area contributed by atoms with Gasteiger partial charge >= 0.3 is 0 Å². The number of ether oxygens (including phenoxy) is 1. The highest BCUT2D eigenvalue weighted by molar-refractivity contribution is 5.71. The Bertz CT molecular complexity index is 903. The zero-order valence-corrected chi connectivity index (χ0v) is 12.7.